The second-order valence-electron chi connectivity index (χ2n) is 0.350. The first kappa shape index (κ1) is 10.0. The van der Waals surface area contributed by atoms with Crippen molar-refractivity contribution in [3.63, 3.8) is 0 Å². The molecule has 0 aliphatic rings. The van der Waals surface area contributed by atoms with Crippen LogP contribution in [0.15, 0.2) is 0 Å². The monoisotopic (exact) mass is 232 g/mol. The van der Waals surface area contributed by atoms with Crippen LogP contribution in [0.3, 0.4) is 0 Å². The Morgan fingerprint density at radius 1 is 0.833 bits per heavy atom. The first-order valence-electron chi connectivity index (χ1n) is 0.617. The molecule has 0 fully saturated rings. The molecular formula is F4MoNi. The van der Waals surface area contributed by atoms with Crippen LogP contribution in [0.1, 0.15) is 0 Å². The van der Waals surface area contributed by atoms with E-state index in [9.17, 15) is 12.6 Å². The molecule has 0 aromatic rings. The van der Waals surface area contributed by atoms with Gasteiger partial charge < -0.3 is 0 Å². The van der Waals surface area contributed by atoms with E-state index in [1.54, 1.807) is 0 Å². The molecule has 44 valence electrons. The fourth-order valence-corrected chi connectivity index (χ4v) is 0. The van der Waals surface area contributed by atoms with Gasteiger partial charge in [0.15, 0.2) is 0 Å². The van der Waals surface area contributed by atoms with Crippen molar-refractivity contribution in [2.45, 2.75) is 0 Å². The largest absolute Gasteiger partial charge is 0 e. The molecule has 0 aliphatic heterocycles. The van der Waals surface area contributed by atoms with Crippen LogP contribution in [0, 0.1) is 0 Å². The fraction of sp³-hybridized carbons (Fsp3) is 0. The molecule has 0 aromatic carbocycles. The molecule has 6 heteroatoms. The van der Waals surface area contributed by atoms with Crippen LogP contribution in [0.5, 0.6) is 0 Å². The van der Waals surface area contributed by atoms with E-state index in [0.717, 1.165) is 0 Å². The van der Waals surface area contributed by atoms with Crippen LogP contribution in [-0.4, -0.2) is 0 Å². The minimum atomic E-state index is -7.02. The smallest absolute Gasteiger partial charge is 0 e. The van der Waals surface area contributed by atoms with Gasteiger partial charge in [-0.05, 0) is 0 Å². The molecule has 0 radical (unpaired) electrons. The minimum absolute atomic E-state index is 0. The van der Waals surface area contributed by atoms with Crippen molar-refractivity contribution in [1.82, 2.24) is 0 Å². The average Bonchev–Trinajstić information content (AvgIpc) is 0.722. The summed E-state index contributed by atoms with van der Waals surface area (Å²) in [5.74, 6) is 0. The van der Waals surface area contributed by atoms with E-state index < -0.39 is 18.2 Å². The zero-order valence-electron chi connectivity index (χ0n) is 2.24. The Morgan fingerprint density at radius 2 is 0.833 bits per heavy atom. The first-order valence-corrected chi connectivity index (χ1v) is 3.65. The van der Waals surface area contributed by atoms with Crippen molar-refractivity contribution in [1.29, 1.82) is 0 Å². The molecule has 0 saturated heterocycles. The molecule has 0 unspecified atom stereocenters. The summed E-state index contributed by atoms with van der Waals surface area (Å²) in [5.41, 5.74) is 0. The van der Waals surface area contributed by atoms with E-state index in [1.807, 2.05) is 0 Å². The molecular weight excluding hydrogens is 231 g/mol. The summed E-state index contributed by atoms with van der Waals surface area (Å²) >= 11 is -7.02. The zero-order chi connectivity index (χ0) is 4.50. The van der Waals surface area contributed by atoms with Gasteiger partial charge in [-0.3, -0.25) is 0 Å². The number of halogens is 4. The summed E-state index contributed by atoms with van der Waals surface area (Å²) in [6, 6.07) is 0. The van der Waals surface area contributed by atoms with E-state index in [-0.39, 0.29) is 16.5 Å². The molecule has 0 heterocycles. The number of hydrogen-bond acceptors (Lipinski definition) is 0. The van der Waals surface area contributed by atoms with E-state index in [2.05, 4.69) is 0 Å². The van der Waals surface area contributed by atoms with Crippen molar-refractivity contribution < 1.29 is 47.3 Å². The predicted molar refractivity (Wildman–Crippen MR) is 4.43 cm³/mol. The Bertz CT molecular complexity index is 23.0. The summed E-state index contributed by atoms with van der Waals surface area (Å²) < 4.78 is 39.5. The van der Waals surface area contributed by atoms with Crippen LogP contribution in [-0.2, 0) is 34.6 Å². The number of rotatable bonds is 0. The van der Waals surface area contributed by atoms with Crippen molar-refractivity contribution >= 4 is 0 Å². The van der Waals surface area contributed by atoms with Gasteiger partial charge in [0, 0.05) is 16.5 Å². The summed E-state index contributed by atoms with van der Waals surface area (Å²) in [6.07, 6.45) is 0. The number of hydrogen-bond donors (Lipinski definition) is 0. The Morgan fingerprint density at radius 3 is 0.833 bits per heavy atom. The van der Waals surface area contributed by atoms with Crippen molar-refractivity contribution in [3.05, 3.63) is 0 Å². The van der Waals surface area contributed by atoms with Gasteiger partial charge in [-0.1, -0.05) is 0 Å². The second-order valence-corrected chi connectivity index (χ2v) is 2.07. The van der Waals surface area contributed by atoms with E-state index >= 15 is 0 Å². The van der Waals surface area contributed by atoms with Crippen molar-refractivity contribution in [2.24, 2.45) is 0 Å². The third-order valence-corrected chi connectivity index (χ3v) is 0. The van der Waals surface area contributed by atoms with E-state index in [0.29, 0.717) is 0 Å². The van der Waals surface area contributed by atoms with Crippen LogP contribution in [0.2, 0.25) is 0 Å². The molecule has 0 aromatic heterocycles. The van der Waals surface area contributed by atoms with Gasteiger partial charge in [0.1, 0.15) is 0 Å². The molecule has 0 aliphatic carbocycles. The normalized spacial score (nSPS) is 12.7. The Hall–Kier alpha value is 0.902. The SMILES string of the molecule is [F][Mo]([F])([F])[F].[Ni]. The standard InChI is InChI=1S/4FH.Mo.Ni/h4*1H;;/q;;;;+4;/p-4. The van der Waals surface area contributed by atoms with Crippen LogP contribution < -0.4 is 0 Å². The summed E-state index contributed by atoms with van der Waals surface area (Å²) in [4.78, 5) is 0. The Kier molecular flexibility index (Phi) is 4.96. The Balaban J connectivity index is 0. The zero-order valence-corrected chi connectivity index (χ0v) is 5.23. The molecule has 0 bridgehead atoms. The quantitative estimate of drug-likeness (QED) is 0.439. The fourth-order valence-electron chi connectivity index (χ4n) is 0. The maximum absolute atomic E-state index is 9.88. The van der Waals surface area contributed by atoms with Gasteiger partial charge in [-0.15, -0.1) is 0 Å². The van der Waals surface area contributed by atoms with Crippen LogP contribution >= 0.6 is 0 Å². The first-order chi connectivity index (χ1) is 2.00. The maximum atomic E-state index is 9.88. The van der Waals surface area contributed by atoms with Crippen LogP contribution in [0.4, 0.5) is 12.6 Å². The minimum Gasteiger partial charge on any atom is 0 e. The van der Waals surface area contributed by atoms with Crippen LogP contribution in [0.25, 0.3) is 0 Å². The molecule has 0 rings (SSSR count). The molecule has 0 saturated carbocycles. The van der Waals surface area contributed by atoms with Gasteiger partial charge in [0.05, 0.1) is 0 Å². The molecule has 6 heavy (non-hydrogen) atoms. The molecule has 0 N–H and O–H groups in total. The van der Waals surface area contributed by atoms with Gasteiger partial charge in [0.25, 0.3) is 0 Å². The molecule has 0 atom stereocenters. The van der Waals surface area contributed by atoms with Gasteiger partial charge in [0.2, 0.25) is 0 Å². The molecule has 0 amide bonds. The van der Waals surface area contributed by atoms with Gasteiger partial charge in [-0.25, -0.2) is 0 Å². The third-order valence-electron chi connectivity index (χ3n) is 0. The topological polar surface area (TPSA) is 0 Å². The van der Waals surface area contributed by atoms with E-state index in [1.165, 1.54) is 0 Å². The molecule has 0 nitrogen and oxygen atoms in total. The third kappa shape index (κ3) is 91.8. The summed E-state index contributed by atoms with van der Waals surface area (Å²) in [7, 11) is 0. The van der Waals surface area contributed by atoms with Gasteiger partial charge in [-0.2, -0.15) is 0 Å². The summed E-state index contributed by atoms with van der Waals surface area (Å²) in [5, 5.41) is 0. The van der Waals surface area contributed by atoms with E-state index in [4.69, 9.17) is 0 Å². The molecule has 0 spiro atoms. The Labute approximate surface area is 47.6 Å². The second kappa shape index (κ2) is 2.98. The predicted octanol–water partition coefficient (Wildman–Crippen LogP) is 1.68. The van der Waals surface area contributed by atoms with Gasteiger partial charge >= 0.3 is 30.8 Å². The summed E-state index contributed by atoms with van der Waals surface area (Å²) in [6.45, 7) is 0. The van der Waals surface area contributed by atoms with Crippen molar-refractivity contribution in [2.75, 3.05) is 0 Å². The maximum Gasteiger partial charge on any atom is 0 e. The van der Waals surface area contributed by atoms with Crippen molar-refractivity contribution in [3.8, 4) is 0 Å². The average molecular weight is 231 g/mol.